The number of hydrogen-bond acceptors (Lipinski definition) is 5. The number of phenols is 4. The minimum Gasteiger partial charge on any atom is -0.508 e. The van der Waals surface area contributed by atoms with Gasteiger partial charge in [-0.15, -0.1) is 0 Å². The van der Waals surface area contributed by atoms with Gasteiger partial charge in [-0.1, -0.05) is 36.4 Å². The molecule has 4 N–H and O–H groups in total. The molecule has 4 aromatic carbocycles. The van der Waals surface area contributed by atoms with Gasteiger partial charge in [-0.2, -0.15) is 0 Å². The molecule has 0 spiro atoms. The molecule has 168 valence electrons. The van der Waals surface area contributed by atoms with E-state index in [0.717, 1.165) is 35.1 Å². The number of benzene rings is 4. The quantitative estimate of drug-likeness (QED) is 0.256. The zero-order valence-corrected chi connectivity index (χ0v) is 18.1. The van der Waals surface area contributed by atoms with E-state index in [-0.39, 0.29) is 23.0 Å². The van der Waals surface area contributed by atoms with Crippen molar-refractivity contribution in [1.82, 2.24) is 0 Å². The maximum atomic E-state index is 10.5. The Kier molecular flexibility index (Phi) is 6.69. The second kappa shape index (κ2) is 10.0. The van der Waals surface area contributed by atoms with Crippen LogP contribution in [-0.4, -0.2) is 20.4 Å². The SMILES string of the molecule is Oc1cccc(CCc2cccc(Oc3ccc(CCc4ccc(O)c(O)c4)cc3O)c2)c1. The molecule has 4 aromatic rings. The molecule has 0 amide bonds. The van der Waals surface area contributed by atoms with Crippen molar-refractivity contribution in [1.29, 1.82) is 0 Å². The molecule has 0 bridgehead atoms. The summed E-state index contributed by atoms with van der Waals surface area (Å²) in [6.45, 7) is 0. The highest BCUT2D eigenvalue weighted by molar-refractivity contribution is 5.46. The van der Waals surface area contributed by atoms with Crippen LogP contribution in [0, 0.1) is 0 Å². The molecule has 0 atom stereocenters. The Morgan fingerprint density at radius 2 is 1.06 bits per heavy atom. The number of hydrogen-bond donors (Lipinski definition) is 4. The van der Waals surface area contributed by atoms with E-state index in [2.05, 4.69) is 0 Å². The number of ether oxygens (including phenoxy) is 1. The van der Waals surface area contributed by atoms with Gasteiger partial charge in [0.05, 0.1) is 0 Å². The summed E-state index contributed by atoms with van der Waals surface area (Å²) < 4.78 is 5.92. The van der Waals surface area contributed by atoms with Gasteiger partial charge >= 0.3 is 0 Å². The first-order chi connectivity index (χ1) is 16.0. The highest BCUT2D eigenvalue weighted by Gasteiger charge is 2.08. The monoisotopic (exact) mass is 442 g/mol. The number of aromatic hydroxyl groups is 4. The first-order valence-electron chi connectivity index (χ1n) is 10.8. The van der Waals surface area contributed by atoms with Crippen molar-refractivity contribution in [3.63, 3.8) is 0 Å². The van der Waals surface area contributed by atoms with Crippen molar-refractivity contribution in [2.75, 3.05) is 0 Å². The fraction of sp³-hybridized carbons (Fsp3) is 0.143. The first-order valence-corrected chi connectivity index (χ1v) is 10.8. The molecule has 0 aliphatic rings. The molecule has 0 heterocycles. The van der Waals surface area contributed by atoms with Crippen LogP contribution in [0.3, 0.4) is 0 Å². The average molecular weight is 443 g/mol. The molecule has 5 nitrogen and oxygen atoms in total. The molecule has 0 aliphatic heterocycles. The minimum absolute atomic E-state index is 0.0613. The second-order valence-corrected chi connectivity index (χ2v) is 8.04. The molecular formula is C28H26O5. The van der Waals surface area contributed by atoms with Crippen LogP contribution in [0.15, 0.2) is 84.9 Å². The molecule has 0 saturated carbocycles. The van der Waals surface area contributed by atoms with Gasteiger partial charge < -0.3 is 25.2 Å². The highest BCUT2D eigenvalue weighted by Crippen LogP contribution is 2.32. The third-order valence-electron chi connectivity index (χ3n) is 5.50. The fourth-order valence-corrected chi connectivity index (χ4v) is 3.71. The Morgan fingerprint density at radius 1 is 0.485 bits per heavy atom. The van der Waals surface area contributed by atoms with E-state index in [1.54, 1.807) is 36.4 Å². The molecule has 33 heavy (non-hydrogen) atoms. The normalized spacial score (nSPS) is 10.8. The predicted molar refractivity (Wildman–Crippen MR) is 127 cm³/mol. The van der Waals surface area contributed by atoms with Crippen molar-refractivity contribution in [3.05, 3.63) is 107 Å². The van der Waals surface area contributed by atoms with Gasteiger partial charge in [0.1, 0.15) is 11.5 Å². The third kappa shape index (κ3) is 5.98. The van der Waals surface area contributed by atoms with Crippen LogP contribution in [0.25, 0.3) is 0 Å². The van der Waals surface area contributed by atoms with Gasteiger partial charge in [0.25, 0.3) is 0 Å². The van der Waals surface area contributed by atoms with Crippen molar-refractivity contribution >= 4 is 0 Å². The van der Waals surface area contributed by atoms with Crippen LogP contribution in [0.4, 0.5) is 0 Å². The van der Waals surface area contributed by atoms with Crippen LogP contribution in [0.2, 0.25) is 0 Å². The molecular weight excluding hydrogens is 416 g/mol. The third-order valence-corrected chi connectivity index (χ3v) is 5.50. The van der Waals surface area contributed by atoms with E-state index in [0.29, 0.717) is 24.3 Å². The molecule has 4 rings (SSSR count). The summed E-state index contributed by atoms with van der Waals surface area (Å²) in [7, 11) is 0. The van der Waals surface area contributed by atoms with Crippen molar-refractivity contribution in [2.24, 2.45) is 0 Å². The second-order valence-electron chi connectivity index (χ2n) is 8.04. The maximum Gasteiger partial charge on any atom is 0.169 e. The van der Waals surface area contributed by atoms with E-state index >= 15 is 0 Å². The Hall–Kier alpha value is -4.12. The lowest BCUT2D eigenvalue weighted by atomic mass is 10.0. The summed E-state index contributed by atoms with van der Waals surface area (Å²) in [4.78, 5) is 0. The Bertz CT molecular complexity index is 1250. The van der Waals surface area contributed by atoms with Crippen LogP contribution in [0.1, 0.15) is 22.3 Å². The largest absolute Gasteiger partial charge is 0.508 e. The smallest absolute Gasteiger partial charge is 0.169 e. The first kappa shape index (κ1) is 22.1. The number of phenolic OH excluding ortho intramolecular Hbond substituents is 4. The summed E-state index contributed by atoms with van der Waals surface area (Å²) in [6.07, 6.45) is 2.94. The zero-order chi connectivity index (χ0) is 23.2. The van der Waals surface area contributed by atoms with Crippen LogP contribution in [-0.2, 0) is 25.7 Å². The lowest BCUT2D eigenvalue weighted by molar-refractivity contribution is 0.403. The molecule has 0 saturated heterocycles. The van der Waals surface area contributed by atoms with Gasteiger partial charge in [0.2, 0.25) is 0 Å². The number of aryl methyl sites for hydroxylation is 4. The Labute approximate surface area is 192 Å². The van der Waals surface area contributed by atoms with E-state index in [4.69, 9.17) is 4.74 Å². The summed E-state index contributed by atoms with van der Waals surface area (Å²) in [5.41, 5.74) is 4.00. The predicted octanol–water partition coefficient (Wildman–Crippen LogP) is 5.87. The van der Waals surface area contributed by atoms with Crippen LogP contribution in [0.5, 0.6) is 34.5 Å². The average Bonchev–Trinajstić information content (AvgIpc) is 2.80. The molecule has 0 unspecified atom stereocenters. The van der Waals surface area contributed by atoms with Gasteiger partial charge in [-0.3, -0.25) is 0 Å². The van der Waals surface area contributed by atoms with Crippen molar-refractivity contribution < 1.29 is 25.2 Å². The van der Waals surface area contributed by atoms with Gasteiger partial charge in [-0.25, -0.2) is 0 Å². The molecule has 0 aromatic heterocycles. The molecule has 0 radical (unpaired) electrons. The van der Waals surface area contributed by atoms with Gasteiger partial charge in [-0.05, 0) is 96.5 Å². The van der Waals surface area contributed by atoms with Crippen LogP contribution >= 0.6 is 0 Å². The summed E-state index contributed by atoms with van der Waals surface area (Å²) in [5.74, 6) is 1.08. The standard InChI is InChI=1S/C28H26O5/c29-23-5-1-3-19(15-23)7-8-20-4-2-6-24(16-20)33-28-14-12-22(18-27(28)32)10-9-21-11-13-25(30)26(31)17-21/h1-6,11-18,29-32H,7-10H2. The lowest BCUT2D eigenvalue weighted by Crippen LogP contribution is -1.94. The van der Waals surface area contributed by atoms with E-state index in [1.807, 2.05) is 42.5 Å². The van der Waals surface area contributed by atoms with Gasteiger partial charge in [0, 0.05) is 0 Å². The van der Waals surface area contributed by atoms with Gasteiger partial charge in [0.15, 0.2) is 23.0 Å². The molecule has 0 fully saturated rings. The summed E-state index contributed by atoms with van der Waals surface area (Å²) in [5, 5.41) is 39.1. The Balaban J connectivity index is 1.37. The van der Waals surface area contributed by atoms with E-state index in [9.17, 15) is 20.4 Å². The summed E-state index contributed by atoms with van der Waals surface area (Å²) in [6, 6.07) is 25.1. The molecule has 5 heteroatoms. The maximum absolute atomic E-state index is 10.5. The lowest BCUT2D eigenvalue weighted by Gasteiger charge is -2.11. The van der Waals surface area contributed by atoms with E-state index < -0.39 is 0 Å². The van der Waals surface area contributed by atoms with Crippen molar-refractivity contribution in [2.45, 2.75) is 25.7 Å². The topological polar surface area (TPSA) is 90.2 Å². The van der Waals surface area contributed by atoms with E-state index in [1.165, 1.54) is 6.07 Å². The fourth-order valence-electron chi connectivity index (χ4n) is 3.71. The summed E-state index contributed by atoms with van der Waals surface area (Å²) >= 11 is 0. The zero-order valence-electron chi connectivity index (χ0n) is 18.1. The van der Waals surface area contributed by atoms with Crippen molar-refractivity contribution in [3.8, 4) is 34.5 Å². The van der Waals surface area contributed by atoms with Crippen LogP contribution < -0.4 is 4.74 Å². The number of rotatable bonds is 8. The molecule has 0 aliphatic carbocycles. The Morgan fingerprint density at radius 3 is 1.70 bits per heavy atom. The minimum atomic E-state index is -0.138. The highest BCUT2D eigenvalue weighted by atomic mass is 16.5.